The smallest absolute Gasteiger partial charge is 0.0569 e. The normalized spacial score (nSPS) is 19.0. The van der Waals surface area contributed by atoms with E-state index >= 15 is 0 Å². The van der Waals surface area contributed by atoms with Gasteiger partial charge in [-0.05, 0) is 38.3 Å². The average molecular weight is 255 g/mol. The molecule has 108 valence electrons. The van der Waals surface area contributed by atoms with E-state index in [0.29, 0.717) is 5.92 Å². The van der Waals surface area contributed by atoms with E-state index in [1.165, 1.54) is 51.4 Å². The molecule has 0 radical (unpaired) electrons. The zero-order valence-corrected chi connectivity index (χ0v) is 12.3. The van der Waals surface area contributed by atoms with Gasteiger partial charge in [-0.2, -0.15) is 0 Å². The Kier molecular flexibility index (Phi) is 9.59. The third kappa shape index (κ3) is 7.38. The number of rotatable bonds is 10. The van der Waals surface area contributed by atoms with Gasteiger partial charge in [-0.3, -0.25) is 0 Å². The molecule has 0 spiro atoms. The van der Waals surface area contributed by atoms with Gasteiger partial charge in [0, 0.05) is 0 Å². The topological polar surface area (TPSA) is 32.3 Å². The van der Waals surface area contributed by atoms with Gasteiger partial charge in [0.15, 0.2) is 0 Å². The number of piperidine rings is 1. The van der Waals surface area contributed by atoms with Crippen molar-refractivity contribution in [2.75, 3.05) is 13.1 Å². The summed E-state index contributed by atoms with van der Waals surface area (Å²) in [6.07, 6.45) is 14.2. The first-order chi connectivity index (χ1) is 8.84. The van der Waals surface area contributed by atoms with Gasteiger partial charge in [-0.15, -0.1) is 0 Å². The van der Waals surface area contributed by atoms with Crippen LogP contribution in [0, 0.1) is 5.92 Å². The van der Waals surface area contributed by atoms with Gasteiger partial charge in [-0.25, -0.2) is 0 Å². The van der Waals surface area contributed by atoms with Gasteiger partial charge >= 0.3 is 0 Å². The standard InChI is InChI=1S/C16H33NO/c1-2-3-4-5-6-7-8-9-10-16(18)15-11-13-17-14-12-15/h15-18H,2-14H2,1H3. The van der Waals surface area contributed by atoms with E-state index in [9.17, 15) is 5.11 Å². The summed E-state index contributed by atoms with van der Waals surface area (Å²) in [5.74, 6) is 0.566. The zero-order chi connectivity index (χ0) is 13.1. The van der Waals surface area contributed by atoms with Crippen LogP contribution >= 0.6 is 0 Å². The molecule has 1 atom stereocenters. The number of unbranched alkanes of at least 4 members (excludes halogenated alkanes) is 7. The van der Waals surface area contributed by atoms with Crippen LogP contribution in [-0.4, -0.2) is 24.3 Å². The van der Waals surface area contributed by atoms with Crippen molar-refractivity contribution < 1.29 is 5.11 Å². The highest BCUT2D eigenvalue weighted by molar-refractivity contribution is 4.75. The quantitative estimate of drug-likeness (QED) is 0.581. The molecule has 18 heavy (non-hydrogen) atoms. The van der Waals surface area contributed by atoms with Crippen molar-refractivity contribution in [1.29, 1.82) is 0 Å². The molecule has 0 aromatic heterocycles. The lowest BCUT2D eigenvalue weighted by atomic mass is 9.89. The molecule has 1 aliphatic heterocycles. The maximum atomic E-state index is 10.1. The van der Waals surface area contributed by atoms with Crippen molar-refractivity contribution in [2.24, 2.45) is 5.92 Å². The Balaban J connectivity index is 1.87. The molecule has 1 saturated heterocycles. The SMILES string of the molecule is CCCCCCCCCCC(O)C1CCNCC1. The van der Waals surface area contributed by atoms with Crippen molar-refractivity contribution in [1.82, 2.24) is 5.32 Å². The Morgan fingerprint density at radius 1 is 0.944 bits per heavy atom. The van der Waals surface area contributed by atoms with Crippen LogP contribution in [0.5, 0.6) is 0 Å². The first kappa shape index (κ1) is 16.0. The molecule has 0 aliphatic carbocycles. The van der Waals surface area contributed by atoms with Gasteiger partial charge in [0.25, 0.3) is 0 Å². The highest BCUT2D eigenvalue weighted by Gasteiger charge is 2.20. The third-order valence-electron chi connectivity index (χ3n) is 4.28. The van der Waals surface area contributed by atoms with Crippen molar-refractivity contribution in [2.45, 2.75) is 83.7 Å². The van der Waals surface area contributed by atoms with E-state index in [2.05, 4.69) is 12.2 Å². The number of aliphatic hydroxyl groups is 1. The molecule has 1 aliphatic rings. The average Bonchev–Trinajstić information content (AvgIpc) is 2.42. The Morgan fingerprint density at radius 3 is 2.11 bits per heavy atom. The maximum Gasteiger partial charge on any atom is 0.0569 e. The molecule has 0 aromatic rings. The molecule has 1 unspecified atom stereocenters. The number of aliphatic hydroxyl groups excluding tert-OH is 1. The van der Waals surface area contributed by atoms with Crippen LogP contribution in [-0.2, 0) is 0 Å². The molecule has 2 N–H and O–H groups in total. The predicted molar refractivity (Wildman–Crippen MR) is 78.8 cm³/mol. The molecule has 1 fully saturated rings. The minimum absolute atomic E-state index is 0.0350. The fourth-order valence-corrected chi connectivity index (χ4v) is 2.95. The van der Waals surface area contributed by atoms with Gasteiger partial charge in [0.2, 0.25) is 0 Å². The lowest BCUT2D eigenvalue weighted by molar-refractivity contribution is 0.0785. The summed E-state index contributed by atoms with van der Waals surface area (Å²) < 4.78 is 0. The lowest BCUT2D eigenvalue weighted by Crippen LogP contribution is -2.34. The second-order valence-electron chi connectivity index (χ2n) is 5.92. The van der Waals surface area contributed by atoms with Crippen molar-refractivity contribution >= 4 is 0 Å². The van der Waals surface area contributed by atoms with E-state index in [1.807, 2.05) is 0 Å². The highest BCUT2D eigenvalue weighted by Crippen LogP contribution is 2.20. The number of nitrogens with one attached hydrogen (secondary N) is 1. The molecule has 2 heteroatoms. The van der Waals surface area contributed by atoms with Crippen LogP contribution in [0.1, 0.15) is 77.6 Å². The Hall–Kier alpha value is -0.0800. The Labute approximate surface area is 114 Å². The van der Waals surface area contributed by atoms with Gasteiger partial charge in [0.05, 0.1) is 6.10 Å². The molecular formula is C16H33NO. The molecule has 0 bridgehead atoms. The molecule has 0 aromatic carbocycles. The summed E-state index contributed by atoms with van der Waals surface area (Å²) >= 11 is 0. The van der Waals surface area contributed by atoms with Crippen LogP contribution in [0.3, 0.4) is 0 Å². The molecular weight excluding hydrogens is 222 g/mol. The van der Waals surface area contributed by atoms with Crippen LogP contribution < -0.4 is 5.32 Å². The van der Waals surface area contributed by atoms with Crippen molar-refractivity contribution in [3.63, 3.8) is 0 Å². The van der Waals surface area contributed by atoms with Crippen LogP contribution in [0.2, 0.25) is 0 Å². The fraction of sp³-hybridized carbons (Fsp3) is 1.00. The summed E-state index contributed by atoms with van der Waals surface area (Å²) in [6.45, 7) is 4.46. The van der Waals surface area contributed by atoms with Crippen molar-refractivity contribution in [3.05, 3.63) is 0 Å². The van der Waals surface area contributed by atoms with E-state index in [0.717, 1.165) is 32.4 Å². The summed E-state index contributed by atoms with van der Waals surface area (Å²) in [4.78, 5) is 0. The summed E-state index contributed by atoms with van der Waals surface area (Å²) in [5.41, 5.74) is 0. The first-order valence-corrected chi connectivity index (χ1v) is 8.23. The molecule has 0 amide bonds. The van der Waals surface area contributed by atoms with E-state index in [4.69, 9.17) is 0 Å². The fourth-order valence-electron chi connectivity index (χ4n) is 2.95. The number of hydrogen-bond acceptors (Lipinski definition) is 2. The predicted octanol–water partition coefficient (Wildman–Crippen LogP) is 3.88. The van der Waals surface area contributed by atoms with Crippen LogP contribution in [0.15, 0.2) is 0 Å². The van der Waals surface area contributed by atoms with Gasteiger partial charge in [0.1, 0.15) is 0 Å². The van der Waals surface area contributed by atoms with E-state index in [1.54, 1.807) is 0 Å². The third-order valence-corrected chi connectivity index (χ3v) is 4.28. The van der Waals surface area contributed by atoms with E-state index < -0.39 is 0 Å². The van der Waals surface area contributed by atoms with Crippen molar-refractivity contribution in [3.8, 4) is 0 Å². The van der Waals surface area contributed by atoms with Crippen LogP contribution in [0.4, 0.5) is 0 Å². The molecule has 1 heterocycles. The minimum atomic E-state index is -0.0350. The largest absolute Gasteiger partial charge is 0.393 e. The number of hydrogen-bond donors (Lipinski definition) is 2. The maximum absolute atomic E-state index is 10.1. The Bertz CT molecular complexity index is 178. The molecule has 2 nitrogen and oxygen atoms in total. The second kappa shape index (κ2) is 10.8. The zero-order valence-electron chi connectivity index (χ0n) is 12.3. The van der Waals surface area contributed by atoms with E-state index in [-0.39, 0.29) is 6.10 Å². The van der Waals surface area contributed by atoms with Crippen LogP contribution in [0.25, 0.3) is 0 Å². The lowest BCUT2D eigenvalue weighted by Gasteiger charge is -2.27. The monoisotopic (exact) mass is 255 g/mol. The highest BCUT2D eigenvalue weighted by atomic mass is 16.3. The molecule has 1 rings (SSSR count). The van der Waals surface area contributed by atoms with Gasteiger partial charge in [-0.1, -0.05) is 58.3 Å². The summed E-state index contributed by atoms with van der Waals surface area (Å²) in [6, 6.07) is 0. The minimum Gasteiger partial charge on any atom is -0.393 e. The summed E-state index contributed by atoms with van der Waals surface area (Å²) in [7, 11) is 0. The Morgan fingerprint density at radius 2 is 1.50 bits per heavy atom. The first-order valence-electron chi connectivity index (χ1n) is 8.23. The summed E-state index contributed by atoms with van der Waals surface area (Å²) in [5, 5.41) is 13.5. The second-order valence-corrected chi connectivity index (χ2v) is 5.92. The molecule has 0 saturated carbocycles. The van der Waals surface area contributed by atoms with Gasteiger partial charge < -0.3 is 10.4 Å².